The van der Waals surface area contributed by atoms with Crippen molar-refractivity contribution in [2.24, 2.45) is 0 Å². The monoisotopic (exact) mass is 1150 g/mol. The maximum Gasteiger partial charge on any atom is 0.325 e. The second kappa shape index (κ2) is 27.5. The molecule has 0 aliphatic carbocycles. The van der Waals surface area contributed by atoms with E-state index in [1.165, 1.54) is 48.4 Å². The number of hydrogen-bond donors (Lipinski definition) is 6. The molecule has 0 radical (unpaired) electrons. The molecular weight excluding hydrogens is 1100 g/mol. The van der Waals surface area contributed by atoms with E-state index < -0.39 is 11.8 Å². The fourth-order valence-corrected chi connectivity index (χ4v) is 8.15. The van der Waals surface area contributed by atoms with Gasteiger partial charge in [0, 0.05) is 89.3 Å². The quantitative estimate of drug-likeness (QED) is 0.0908. The van der Waals surface area contributed by atoms with Gasteiger partial charge in [-0.05, 0) is 12.1 Å². The molecule has 23 nitrogen and oxygen atoms in total. The van der Waals surface area contributed by atoms with Crippen LogP contribution in [0.3, 0.4) is 0 Å². The number of aliphatic carboxylic acids is 1. The Morgan fingerprint density at radius 2 is 1.09 bits per heavy atom. The summed E-state index contributed by atoms with van der Waals surface area (Å²) in [6.07, 6.45) is 9.08. The van der Waals surface area contributed by atoms with Crippen LogP contribution in [0.4, 0.5) is 31.8 Å². The number of aromatic amines is 2. The second-order valence-electron chi connectivity index (χ2n) is 15.2. The summed E-state index contributed by atoms with van der Waals surface area (Å²) >= 11 is 11.8. The van der Waals surface area contributed by atoms with Crippen LogP contribution in [0.15, 0.2) is 61.7 Å². The molecule has 74 heavy (non-hydrogen) atoms. The number of hydrogen-bond acceptors (Lipinski definition) is 17. The van der Waals surface area contributed by atoms with Gasteiger partial charge in [0.2, 0.25) is 5.91 Å². The van der Waals surface area contributed by atoms with Crippen LogP contribution < -0.4 is 36.1 Å². The SMILES string of the molecule is C.COc1cc(N2CCN(C(=O)Cn3nc(-c4ncc[nH]4)c4c(N)ncnc43)CC2)c(F)cc1Cl.COc1cc(N2CCNCC2)c(F)cc1Cl.Cl.Cl.Cl.Cl.Nc1ncnc2c1c(-c1ncc[nH]1)nn2CC(=O)O. The molecule has 6 aromatic heterocycles. The Morgan fingerprint density at radius 1 is 0.662 bits per heavy atom. The molecule has 0 bridgehead atoms. The number of amides is 1. The molecule has 1 amide bonds. The number of ether oxygens (including phenoxy) is 2. The lowest BCUT2D eigenvalue weighted by atomic mass is 10.2. The van der Waals surface area contributed by atoms with Crippen LogP contribution in [-0.4, -0.2) is 148 Å². The number of nitrogens with zero attached hydrogens (tertiary/aromatic N) is 13. The Morgan fingerprint density at radius 3 is 1.50 bits per heavy atom. The predicted octanol–water partition coefficient (Wildman–Crippen LogP) is 6.05. The van der Waals surface area contributed by atoms with Crippen molar-refractivity contribution in [2.75, 3.05) is 87.8 Å². The van der Waals surface area contributed by atoms with E-state index in [9.17, 15) is 18.4 Å². The molecule has 8 N–H and O–H groups in total. The van der Waals surface area contributed by atoms with Gasteiger partial charge in [-0.15, -0.1) is 49.6 Å². The first-order chi connectivity index (χ1) is 33.3. The summed E-state index contributed by atoms with van der Waals surface area (Å²) in [5.74, 6) is 0.491. The van der Waals surface area contributed by atoms with Crippen molar-refractivity contribution in [1.29, 1.82) is 0 Å². The van der Waals surface area contributed by atoms with Gasteiger partial charge in [0.1, 0.15) is 71.9 Å². The third kappa shape index (κ3) is 13.5. The number of nitrogen functional groups attached to an aromatic ring is 2. The lowest BCUT2D eigenvalue weighted by Gasteiger charge is -2.36. The van der Waals surface area contributed by atoms with Crippen LogP contribution in [0.2, 0.25) is 10.0 Å². The van der Waals surface area contributed by atoms with Crippen LogP contribution in [0.25, 0.3) is 45.1 Å². The van der Waals surface area contributed by atoms with E-state index >= 15 is 0 Å². The first-order valence-corrected chi connectivity index (χ1v) is 21.8. The van der Waals surface area contributed by atoms with E-state index in [1.54, 1.807) is 41.8 Å². The molecule has 0 unspecified atom stereocenters. The topological polar surface area (TPSA) is 291 Å². The van der Waals surface area contributed by atoms with Gasteiger partial charge in [0.05, 0.1) is 46.4 Å². The third-order valence-electron chi connectivity index (χ3n) is 11.0. The number of imidazole rings is 2. The minimum atomic E-state index is -1.02. The van der Waals surface area contributed by atoms with E-state index in [-0.39, 0.29) is 98.5 Å². The maximum atomic E-state index is 14.5. The fourth-order valence-electron chi connectivity index (χ4n) is 7.70. The first-order valence-electron chi connectivity index (χ1n) is 21.0. The number of aromatic nitrogens is 12. The zero-order valence-electron chi connectivity index (χ0n) is 38.5. The van der Waals surface area contributed by atoms with Crippen LogP contribution in [0, 0.1) is 11.6 Å². The molecule has 8 aromatic rings. The Balaban J connectivity index is 0.000000309. The zero-order chi connectivity index (χ0) is 48.8. The highest BCUT2D eigenvalue weighted by molar-refractivity contribution is 6.32. The number of H-pyrrole nitrogens is 2. The van der Waals surface area contributed by atoms with E-state index in [1.807, 2.05) is 9.80 Å². The number of methoxy groups -OCH3 is 2. The van der Waals surface area contributed by atoms with Crippen LogP contribution in [0.1, 0.15) is 7.43 Å². The summed E-state index contributed by atoms with van der Waals surface area (Å²) in [4.78, 5) is 59.9. The van der Waals surface area contributed by atoms with Crippen molar-refractivity contribution in [3.05, 3.63) is 83.4 Å². The summed E-state index contributed by atoms with van der Waals surface area (Å²) in [6.45, 7) is 4.73. The molecule has 2 aliphatic heterocycles. The van der Waals surface area contributed by atoms with Gasteiger partial charge >= 0.3 is 5.97 Å². The number of anilines is 4. The Labute approximate surface area is 456 Å². The summed E-state index contributed by atoms with van der Waals surface area (Å²) < 4.78 is 41.3. The van der Waals surface area contributed by atoms with E-state index in [0.29, 0.717) is 99.2 Å². The van der Waals surface area contributed by atoms with E-state index in [0.717, 1.165) is 26.2 Å². The summed E-state index contributed by atoms with van der Waals surface area (Å²) in [6, 6.07) is 5.77. The van der Waals surface area contributed by atoms with Crippen molar-refractivity contribution in [2.45, 2.75) is 20.5 Å². The zero-order valence-corrected chi connectivity index (χ0v) is 43.3. The number of carbonyl (C=O) groups is 2. The highest BCUT2D eigenvalue weighted by Crippen LogP contribution is 2.35. The number of carbonyl (C=O) groups excluding carboxylic acids is 1. The van der Waals surface area contributed by atoms with E-state index in [2.05, 4.69) is 55.4 Å². The molecular formula is C43H52Cl6F2N18O5. The van der Waals surface area contributed by atoms with Gasteiger partial charge in [0.25, 0.3) is 0 Å². The molecule has 400 valence electrons. The van der Waals surface area contributed by atoms with Gasteiger partial charge < -0.3 is 56.0 Å². The summed E-state index contributed by atoms with van der Waals surface area (Å²) in [5, 5.41) is 22.4. The maximum absolute atomic E-state index is 14.5. The van der Waals surface area contributed by atoms with Crippen molar-refractivity contribution < 1.29 is 33.0 Å². The molecule has 2 saturated heterocycles. The lowest BCUT2D eigenvalue weighted by Crippen LogP contribution is -2.50. The van der Waals surface area contributed by atoms with Crippen LogP contribution >= 0.6 is 72.8 Å². The van der Waals surface area contributed by atoms with Gasteiger partial charge in [-0.25, -0.2) is 48.0 Å². The molecule has 2 aromatic carbocycles. The number of carboxylic acids is 1. The van der Waals surface area contributed by atoms with Crippen molar-refractivity contribution in [3.63, 3.8) is 0 Å². The molecule has 0 saturated carbocycles. The van der Waals surface area contributed by atoms with Crippen LogP contribution in [-0.2, 0) is 22.7 Å². The summed E-state index contributed by atoms with van der Waals surface area (Å²) in [7, 11) is 3.01. The molecule has 2 fully saturated rings. The second-order valence-corrected chi connectivity index (χ2v) is 16.0. The number of rotatable bonds is 10. The fraction of sp³-hybridized carbons (Fsp3) is 0.302. The number of nitrogens with one attached hydrogen (secondary N) is 3. The third-order valence-corrected chi connectivity index (χ3v) is 11.6. The van der Waals surface area contributed by atoms with Gasteiger partial charge in [0.15, 0.2) is 22.9 Å². The standard InChI is InChI=1S/C21H21ClFN9O2.C11H14ClFN2O.C10H9N7O2.CH4.4ClH/c1-34-15-9-14(13(23)8-12(15)22)30-4-6-31(7-5-30)16(33)10-32-21-17(19(24)27-11-28-21)18(29-32)20-25-2-3-26-20;1-16-11-7-10(9(13)6-8(11)12)15-4-2-14-3-5-15;11-8-6-7(9-12-1-2-13-9)16-17(3-5(18)19)10(6)15-4-14-8;;;;;/h2-3,8-9,11H,4-7,10H2,1H3,(H,25,26)(H2,24,27,28);6-7,14H,2-5H2,1H3;1-2,4H,3H2,(H,12,13)(H,18,19)(H2,11,14,15);1H4;4*1H. The van der Waals surface area contributed by atoms with Gasteiger partial charge in [-0.1, -0.05) is 30.6 Å². The average molecular weight is 1150 g/mol. The molecule has 0 atom stereocenters. The Bertz CT molecular complexity index is 3100. The minimum Gasteiger partial charge on any atom is -0.495 e. The van der Waals surface area contributed by atoms with Crippen molar-refractivity contribution >= 4 is 130 Å². The molecule has 31 heteroatoms. The number of carboxylic acid groups (broad SMARTS) is 1. The number of benzene rings is 2. The number of piperazine rings is 2. The number of nitrogens with two attached hydrogens (primary N) is 2. The highest BCUT2D eigenvalue weighted by Gasteiger charge is 2.27. The Hall–Kier alpha value is -6.74. The lowest BCUT2D eigenvalue weighted by molar-refractivity contribution is -0.138. The normalized spacial score (nSPS) is 12.8. The smallest absolute Gasteiger partial charge is 0.325 e. The minimum absolute atomic E-state index is 0. The van der Waals surface area contributed by atoms with Gasteiger partial charge in [-0.2, -0.15) is 10.2 Å². The molecule has 8 heterocycles. The molecule has 10 rings (SSSR count). The predicted molar refractivity (Wildman–Crippen MR) is 288 cm³/mol. The largest absolute Gasteiger partial charge is 0.495 e. The van der Waals surface area contributed by atoms with Crippen LogP contribution in [0.5, 0.6) is 11.5 Å². The number of halogens is 8. The van der Waals surface area contributed by atoms with Crippen molar-refractivity contribution in [3.8, 4) is 34.5 Å². The first kappa shape index (κ1) is 61.6. The van der Waals surface area contributed by atoms with E-state index in [4.69, 9.17) is 49.2 Å². The molecule has 0 spiro atoms. The Kier molecular flexibility index (Phi) is 22.9. The molecule has 2 aliphatic rings. The van der Waals surface area contributed by atoms with Gasteiger partial charge in [-0.3, -0.25) is 9.59 Å². The highest BCUT2D eigenvalue weighted by atomic mass is 35.5. The number of fused-ring (bicyclic) bond motifs is 2. The van der Waals surface area contributed by atoms with Crippen molar-refractivity contribution in [1.82, 2.24) is 69.6 Å². The summed E-state index contributed by atoms with van der Waals surface area (Å²) in [5.41, 5.74) is 14.5. The average Bonchev–Trinajstić information content (AvgIpc) is 4.19.